The van der Waals surface area contributed by atoms with Crippen LogP contribution >= 0.6 is 0 Å². The van der Waals surface area contributed by atoms with Crippen LogP contribution in [0.3, 0.4) is 0 Å². The number of alkyl halides is 3. The summed E-state index contributed by atoms with van der Waals surface area (Å²) in [6.45, 7) is 1.77. The van der Waals surface area contributed by atoms with Crippen molar-refractivity contribution >= 4 is 11.8 Å². The molecule has 1 saturated heterocycles. The molecule has 0 bridgehead atoms. The number of nitrogens with zero attached hydrogens (tertiary/aromatic N) is 1. The Morgan fingerprint density at radius 2 is 2.12 bits per heavy atom. The number of likely N-dealkylation sites (tertiary alicyclic amines) is 1. The van der Waals surface area contributed by atoms with E-state index in [0.29, 0.717) is 13.0 Å². The molecule has 8 heteroatoms. The van der Waals surface area contributed by atoms with Gasteiger partial charge in [0.25, 0.3) is 5.91 Å². The van der Waals surface area contributed by atoms with E-state index in [-0.39, 0.29) is 24.1 Å². The second kappa shape index (κ2) is 7.21. The Bertz CT molecular complexity index is 617. The van der Waals surface area contributed by atoms with Gasteiger partial charge < -0.3 is 15.3 Å². The Morgan fingerprint density at radius 3 is 2.75 bits per heavy atom. The van der Waals surface area contributed by atoms with Crippen molar-refractivity contribution in [1.82, 2.24) is 10.2 Å². The number of aliphatic hydroxyl groups is 1. The van der Waals surface area contributed by atoms with Gasteiger partial charge in [-0.3, -0.25) is 9.59 Å². The average molecular weight is 344 g/mol. The van der Waals surface area contributed by atoms with Crippen LogP contribution in [-0.2, 0) is 11.0 Å². The molecule has 2 amide bonds. The smallest absolute Gasteiger partial charge is 0.391 e. The highest BCUT2D eigenvalue weighted by molar-refractivity contribution is 5.96. The number of amides is 2. The minimum atomic E-state index is -4.54. The molecule has 1 aromatic rings. The van der Waals surface area contributed by atoms with E-state index in [2.05, 4.69) is 5.32 Å². The van der Waals surface area contributed by atoms with Gasteiger partial charge in [-0.2, -0.15) is 13.2 Å². The Labute approximate surface area is 137 Å². The number of halogens is 3. The molecule has 1 aliphatic heterocycles. The van der Waals surface area contributed by atoms with Gasteiger partial charge in [0.1, 0.15) is 0 Å². The van der Waals surface area contributed by atoms with Crippen LogP contribution in [-0.4, -0.2) is 47.1 Å². The number of hydrogen-bond donors (Lipinski definition) is 2. The van der Waals surface area contributed by atoms with Crippen molar-refractivity contribution in [3.63, 3.8) is 0 Å². The number of carbonyl (C=O) groups is 2. The lowest BCUT2D eigenvalue weighted by atomic mass is 10.1. The fourth-order valence-electron chi connectivity index (χ4n) is 2.80. The van der Waals surface area contributed by atoms with Crippen molar-refractivity contribution in [2.24, 2.45) is 0 Å². The van der Waals surface area contributed by atoms with E-state index < -0.39 is 23.8 Å². The normalized spacial score (nSPS) is 19.2. The molecule has 0 aromatic heterocycles. The van der Waals surface area contributed by atoms with Gasteiger partial charge in [-0.25, -0.2) is 0 Å². The van der Waals surface area contributed by atoms with Gasteiger partial charge in [0.2, 0.25) is 5.91 Å². The fraction of sp³-hybridized carbons (Fsp3) is 0.500. The summed E-state index contributed by atoms with van der Waals surface area (Å²) in [4.78, 5) is 25.6. The minimum absolute atomic E-state index is 0.161. The standard InChI is InChI=1S/C16H19F3N2O3/c1-10(22)13-6-3-7-21(13)14(23)9-20-15(24)11-4-2-5-12(8-11)16(17,18)19/h2,4-5,8,10,13,22H,3,6-7,9H2,1H3,(H,20,24)/t10?,13-/m0/s1. The van der Waals surface area contributed by atoms with Crippen molar-refractivity contribution in [1.29, 1.82) is 0 Å². The Kier molecular flexibility index (Phi) is 5.48. The van der Waals surface area contributed by atoms with Gasteiger partial charge in [-0.05, 0) is 38.0 Å². The second-order valence-electron chi connectivity index (χ2n) is 5.80. The highest BCUT2D eigenvalue weighted by Gasteiger charge is 2.32. The van der Waals surface area contributed by atoms with Gasteiger partial charge in [0.05, 0.1) is 24.3 Å². The molecule has 0 spiro atoms. The molecule has 1 heterocycles. The largest absolute Gasteiger partial charge is 0.416 e. The summed E-state index contributed by atoms with van der Waals surface area (Å²) < 4.78 is 38.0. The predicted molar refractivity (Wildman–Crippen MR) is 80.2 cm³/mol. The lowest BCUT2D eigenvalue weighted by Crippen LogP contribution is -2.46. The van der Waals surface area contributed by atoms with Crippen LogP contribution in [0.4, 0.5) is 13.2 Å². The van der Waals surface area contributed by atoms with Crippen LogP contribution in [0.15, 0.2) is 24.3 Å². The average Bonchev–Trinajstić information content (AvgIpc) is 3.01. The van der Waals surface area contributed by atoms with E-state index in [0.717, 1.165) is 24.6 Å². The molecule has 0 aliphatic carbocycles. The van der Waals surface area contributed by atoms with Crippen LogP contribution in [0, 0.1) is 0 Å². The number of nitrogens with one attached hydrogen (secondary N) is 1. The molecule has 1 aromatic carbocycles. The molecule has 0 radical (unpaired) electrons. The zero-order valence-corrected chi connectivity index (χ0v) is 13.1. The molecule has 1 unspecified atom stereocenters. The molecule has 132 valence electrons. The molecule has 2 rings (SSSR count). The van der Waals surface area contributed by atoms with E-state index in [9.17, 15) is 27.9 Å². The Morgan fingerprint density at radius 1 is 1.42 bits per heavy atom. The molecular formula is C16H19F3N2O3. The first-order valence-electron chi connectivity index (χ1n) is 7.63. The maximum Gasteiger partial charge on any atom is 0.416 e. The van der Waals surface area contributed by atoms with Crippen LogP contribution in [0.2, 0.25) is 0 Å². The van der Waals surface area contributed by atoms with E-state index in [1.807, 2.05) is 0 Å². The van der Waals surface area contributed by atoms with E-state index >= 15 is 0 Å². The predicted octanol–water partition coefficient (Wildman–Crippen LogP) is 1.81. The SMILES string of the molecule is CC(O)[C@@H]1CCCN1C(=O)CNC(=O)c1cccc(C(F)(F)F)c1. The number of benzene rings is 1. The van der Waals surface area contributed by atoms with Gasteiger partial charge >= 0.3 is 6.18 Å². The maximum absolute atomic E-state index is 12.7. The molecule has 1 fully saturated rings. The fourth-order valence-corrected chi connectivity index (χ4v) is 2.80. The first-order chi connectivity index (χ1) is 11.2. The zero-order chi connectivity index (χ0) is 17.9. The molecular weight excluding hydrogens is 325 g/mol. The molecule has 0 saturated carbocycles. The summed E-state index contributed by atoms with van der Waals surface area (Å²) in [7, 11) is 0. The quantitative estimate of drug-likeness (QED) is 0.875. The first-order valence-corrected chi connectivity index (χ1v) is 7.63. The van der Waals surface area contributed by atoms with Gasteiger partial charge in [-0.1, -0.05) is 6.07 Å². The highest BCUT2D eigenvalue weighted by Crippen LogP contribution is 2.29. The summed E-state index contributed by atoms with van der Waals surface area (Å²) in [5, 5.41) is 12.0. The van der Waals surface area contributed by atoms with Crippen LogP contribution in [0.1, 0.15) is 35.7 Å². The topological polar surface area (TPSA) is 69.6 Å². The van der Waals surface area contributed by atoms with Crippen molar-refractivity contribution in [3.8, 4) is 0 Å². The number of rotatable bonds is 4. The summed E-state index contributed by atoms with van der Waals surface area (Å²) in [5.41, 5.74) is -1.08. The van der Waals surface area contributed by atoms with E-state index in [1.165, 1.54) is 11.0 Å². The van der Waals surface area contributed by atoms with Crippen molar-refractivity contribution in [3.05, 3.63) is 35.4 Å². The van der Waals surface area contributed by atoms with E-state index in [1.54, 1.807) is 6.92 Å². The van der Waals surface area contributed by atoms with Crippen LogP contribution in [0.25, 0.3) is 0 Å². The number of aliphatic hydroxyl groups excluding tert-OH is 1. The summed E-state index contributed by atoms with van der Waals surface area (Å²) >= 11 is 0. The lowest BCUT2D eigenvalue weighted by molar-refractivity contribution is -0.137. The Hall–Kier alpha value is -2.09. The van der Waals surface area contributed by atoms with E-state index in [4.69, 9.17) is 0 Å². The van der Waals surface area contributed by atoms with Crippen LogP contribution < -0.4 is 5.32 Å². The zero-order valence-electron chi connectivity index (χ0n) is 13.1. The highest BCUT2D eigenvalue weighted by atomic mass is 19.4. The summed E-state index contributed by atoms with van der Waals surface area (Å²) in [6.07, 6.45) is -3.75. The van der Waals surface area contributed by atoms with Gasteiger partial charge in [-0.15, -0.1) is 0 Å². The van der Waals surface area contributed by atoms with Crippen molar-refractivity contribution in [2.75, 3.05) is 13.1 Å². The first kappa shape index (κ1) is 18.3. The summed E-state index contributed by atoms with van der Waals surface area (Å²) in [6, 6.07) is 3.73. The van der Waals surface area contributed by atoms with Crippen molar-refractivity contribution < 1.29 is 27.9 Å². The Balaban J connectivity index is 1.97. The maximum atomic E-state index is 12.7. The third-order valence-electron chi connectivity index (χ3n) is 4.03. The van der Waals surface area contributed by atoms with Gasteiger partial charge in [0, 0.05) is 12.1 Å². The molecule has 2 atom stereocenters. The molecule has 1 aliphatic rings. The second-order valence-corrected chi connectivity index (χ2v) is 5.80. The molecule has 5 nitrogen and oxygen atoms in total. The van der Waals surface area contributed by atoms with Gasteiger partial charge in [0.15, 0.2) is 0 Å². The third-order valence-corrected chi connectivity index (χ3v) is 4.03. The third kappa shape index (κ3) is 4.25. The molecule has 2 N–H and O–H groups in total. The van der Waals surface area contributed by atoms with Crippen LogP contribution in [0.5, 0.6) is 0 Å². The number of carbonyl (C=O) groups excluding carboxylic acids is 2. The summed E-state index contributed by atoms with van der Waals surface area (Å²) in [5.74, 6) is -1.11. The molecule has 24 heavy (non-hydrogen) atoms. The minimum Gasteiger partial charge on any atom is -0.391 e. The monoisotopic (exact) mass is 344 g/mol. The van der Waals surface area contributed by atoms with Crippen molar-refractivity contribution in [2.45, 2.75) is 38.1 Å². The number of hydrogen-bond acceptors (Lipinski definition) is 3. The lowest BCUT2D eigenvalue weighted by Gasteiger charge is -2.26.